The number of aromatic nitrogens is 2. The lowest BCUT2D eigenvalue weighted by Gasteiger charge is -2.14. The average molecular weight is 236 g/mol. The Kier molecular flexibility index (Phi) is 4.18. The van der Waals surface area contributed by atoms with Crippen molar-refractivity contribution in [1.82, 2.24) is 20.0 Å². The summed E-state index contributed by atoms with van der Waals surface area (Å²) in [5.74, 6) is 0. The summed E-state index contributed by atoms with van der Waals surface area (Å²) in [6.45, 7) is 7.73. The lowest BCUT2D eigenvalue weighted by molar-refractivity contribution is 0.315. The van der Waals surface area contributed by atoms with Gasteiger partial charge in [0.1, 0.15) is 0 Å². The van der Waals surface area contributed by atoms with Crippen LogP contribution >= 0.6 is 0 Å². The molecule has 4 nitrogen and oxygen atoms in total. The minimum absolute atomic E-state index is 0.507. The second-order valence-electron chi connectivity index (χ2n) is 5.05. The summed E-state index contributed by atoms with van der Waals surface area (Å²) in [6.07, 6.45) is 4.49. The van der Waals surface area contributed by atoms with Gasteiger partial charge >= 0.3 is 0 Å². The molecule has 2 heterocycles. The third-order valence-corrected chi connectivity index (χ3v) is 3.77. The van der Waals surface area contributed by atoms with E-state index in [0.29, 0.717) is 12.1 Å². The molecule has 1 aliphatic rings. The molecule has 0 saturated carbocycles. The van der Waals surface area contributed by atoms with Gasteiger partial charge in [0.15, 0.2) is 0 Å². The van der Waals surface area contributed by atoms with Crippen LogP contribution in [0.3, 0.4) is 0 Å². The summed E-state index contributed by atoms with van der Waals surface area (Å²) in [6, 6.07) is 3.32. The van der Waals surface area contributed by atoms with E-state index in [1.165, 1.54) is 18.7 Å². The van der Waals surface area contributed by atoms with E-state index in [2.05, 4.69) is 46.1 Å². The normalized spacial score (nSPS) is 23.1. The summed E-state index contributed by atoms with van der Waals surface area (Å²) < 4.78 is 2.08. The van der Waals surface area contributed by atoms with Gasteiger partial charge in [-0.25, -0.2) is 0 Å². The van der Waals surface area contributed by atoms with Gasteiger partial charge in [-0.1, -0.05) is 6.92 Å². The SMILES string of the molecule is CCC(C)n1ccc(CN2CCC(NC)C2)n1. The first kappa shape index (κ1) is 12.6. The summed E-state index contributed by atoms with van der Waals surface area (Å²) >= 11 is 0. The smallest absolute Gasteiger partial charge is 0.0764 e. The van der Waals surface area contributed by atoms with Crippen LogP contribution in [0.25, 0.3) is 0 Å². The molecule has 0 radical (unpaired) electrons. The van der Waals surface area contributed by atoms with E-state index in [1.807, 2.05) is 7.05 Å². The Morgan fingerprint density at radius 2 is 2.41 bits per heavy atom. The Morgan fingerprint density at radius 3 is 3.06 bits per heavy atom. The molecule has 2 unspecified atom stereocenters. The van der Waals surface area contributed by atoms with E-state index in [-0.39, 0.29) is 0 Å². The summed E-state index contributed by atoms with van der Waals surface area (Å²) in [4.78, 5) is 2.48. The Labute approximate surface area is 104 Å². The van der Waals surface area contributed by atoms with E-state index in [9.17, 15) is 0 Å². The predicted octanol–water partition coefficient (Wildman–Crippen LogP) is 1.65. The van der Waals surface area contributed by atoms with Crippen molar-refractivity contribution >= 4 is 0 Å². The first-order valence-electron chi connectivity index (χ1n) is 6.66. The van der Waals surface area contributed by atoms with Gasteiger partial charge in [0.25, 0.3) is 0 Å². The lowest BCUT2D eigenvalue weighted by atomic mass is 10.3. The van der Waals surface area contributed by atoms with Crippen molar-refractivity contribution in [2.24, 2.45) is 0 Å². The van der Waals surface area contributed by atoms with Gasteiger partial charge in [0.05, 0.1) is 5.69 Å². The third-order valence-electron chi connectivity index (χ3n) is 3.77. The largest absolute Gasteiger partial charge is 0.316 e. The van der Waals surface area contributed by atoms with Crippen molar-refractivity contribution in [2.45, 2.75) is 45.3 Å². The molecular formula is C13H24N4. The molecule has 0 spiro atoms. The standard InChI is InChI=1S/C13H24N4/c1-4-11(2)17-8-6-13(15-17)10-16-7-5-12(9-16)14-3/h6,8,11-12,14H,4-5,7,9-10H2,1-3H3. The van der Waals surface area contributed by atoms with E-state index >= 15 is 0 Å². The molecule has 2 atom stereocenters. The van der Waals surface area contributed by atoms with Crippen molar-refractivity contribution in [3.8, 4) is 0 Å². The van der Waals surface area contributed by atoms with Gasteiger partial charge < -0.3 is 5.32 Å². The monoisotopic (exact) mass is 236 g/mol. The molecular weight excluding hydrogens is 212 g/mol. The number of rotatable bonds is 5. The first-order valence-corrected chi connectivity index (χ1v) is 6.66. The van der Waals surface area contributed by atoms with E-state index in [4.69, 9.17) is 0 Å². The fraction of sp³-hybridized carbons (Fsp3) is 0.769. The quantitative estimate of drug-likeness (QED) is 0.844. The van der Waals surface area contributed by atoms with Crippen LogP contribution in [0, 0.1) is 0 Å². The minimum Gasteiger partial charge on any atom is -0.316 e. The molecule has 1 N–H and O–H groups in total. The highest BCUT2D eigenvalue weighted by Crippen LogP contribution is 2.14. The molecule has 0 aromatic carbocycles. The van der Waals surface area contributed by atoms with Gasteiger partial charge in [-0.15, -0.1) is 0 Å². The molecule has 17 heavy (non-hydrogen) atoms. The molecule has 1 fully saturated rings. The Bertz CT molecular complexity index is 347. The number of hydrogen-bond acceptors (Lipinski definition) is 3. The molecule has 1 aliphatic heterocycles. The zero-order chi connectivity index (χ0) is 12.3. The van der Waals surface area contributed by atoms with E-state index in [1.54, 1.807) is 0 Å². The lowest BCUT2D eigenvalue weighted by Crippen LogP contribution is -2.29. The second-order valence-corrected chi connectivity index (χ2v) is 5.05. The Balaban J connectivity index is 1.89. The van der Waals surface area contributed by atoms with Gasteiger partial charge in [-0.05, 0) is 32.9 Å². The molecule has 1 aromatic rings. The van der Waals surface area contributed by atoms with Crippen LogP contribution in [0.15, 0.2) is 12.3 Å². The number of likely N-dealkylation sites (tertiary alicyclic amines) is 1. The Hall–Kier alpha value is -0.870. The van der Waals surface area contributed by atoms with Crippen LogP contribution in [0.1, 0.15) is 38.4 Å². The number of nitrogens with one attached hydrogen (secondary N) is 1. The highest BCUT2D eigenvalue weighted by Gasteiger charge is 2.21. The first-order chi connectivity index (χ1) is 8.22. The predicted molar refractivity (Wildman–Crippen MR) is 70.0 cm³/mol. The fourth-order valence-corrected chi connectivity index (χ4v) is 2.34. The van der Waals surface area contributed by atoms with Crippen LogP contribution in [0.4, 0.5) is 0 Å². The zero-order valence-electron chi connectivity index (χ0n) is 11.2. The van der Waals surface area contributed by atoms with Crippen LogP contribution in [-0.4, -0.2) is 40.9 Å². The van der Waals surface area contributed by atoms with E-state index < -0.39 is 0 Å². The average Bonchev–Trinajstić information content (AvgIpc) is 2.97. The highest BCUT2D eigenvalue weighted by atomic mass is 15.3. The molecule has 4 heteroatoms. The molecule has 1 saturated heterocycles. The van der Waals surface area contributed by atoms with Gasteiger partial charge in [-0.2, -0.15) is 5.10 Å². The van der Waals surface area contributed by atoms with Crippen molar-refractivity contribution in [1.29, 1.82) is 0 Å². The summed E-state index contributed by atoms with van der Waals surface area (Å²) in [7, 11) is 2.05. The van der Waals surface area contributed by atoms with E-state index in [0.717, 1.165) is 19.5 Å². The highest BCUT2D eigenvalue weighted by molar-refractivity contribution is 5.00. The minimum atomic E-state index is 0.507. The summed E-state index contributed by atoms with van der Waals surface area (Å²) in [5, 5.41) is 7.99. The maximum atomic E-state index is 4.65. The van der Waals surface area contributed by atoms with Gasteiger partial charge in [0.2, 0.25) is 0 Å². The van der Waals surface area contributed by atoms with Crippen molar-refractivity contribution in [3.63, 3.8) is 0 Å². The number of hydrogen-bond donors (Lipinski definition) is 1. The fourth-order valence-electron chi connectivity index (χ4n) is 2.34. The molecule has 1 aromatic heterocycles. The van der Waals surface area contributed by atoms with Crippen LogP contribution < -0.4 is 5.32 Å². The molecule has 0 aliphatic carbocycles. The topological polar surface area (TPSA) is 33.1 Å². The molecule has 96 valence electrons. The third kappa shape index (κ3) is 3.07. The Morgan fingerprint density at radius 1 is 1.59 bits per heavy atom. The van der Waals surface area contributed by atoms with Crippen LogP contribution in [-0.2, 0) is 6.54 Å². The van der Waals surface area contributed by atoms with Crippen LogP contribution in [0.2, 0.25) is 0 Å². The maximum Gasteiger partial charge on any atom is 0.0764 e. The van der Waals surface area contributed by atoms with Crippen molar-refractivity contribution < 1.29 is 0 Å². The second kappa shape index (κ2) is 5.65. The number of likely N-dealkylation sites (N-methyl/N-ethyl adjacent to an activating group) is 1. The maximum absolute atomic E-state index is 4.65. The number of nitrogens with zero attached hydrogens (tertiary/aromatic N) is 3. The van der Waals surface area contributed by atoms with Crippen molar-refractivity contribution in [2.75, 3.05) is 20.1 Å². The van der Waals surface area contributed by atoms with Crippen LogP contribution in [0.5, 0.6) is 0 Å². The van der Waals surface area contributed by atoms with Crippen molar-refractivity contribution in [3.05, 3.63) is 18.0 Å². The molecule has 0 amide bonds. The zero-order valence-corrected chi connectivity index (χ0v) is 11.2. The van der Waals surface area contributed by atoms with Gasteiger partial charge in [0, 0.05) is 37.9 Å². The molecule has 0 bridgehead atoms. The summed E-state index contributed by atoms with van der Waals surface area (Å²) in [5.41, 5.74) is 1.20. The van der Waals surface area contributed by atoms with Gasteiger partial charge in [-0.3, -0.25) is 9.58 Å². The molecule has 2 rings (SSSR count).